The highest BCUT2D eigenvalue weighted by molar-refractivity contribution is 5.19. The fourth-order valence-electron chi connectivity index (χ4n) is 3.24. The summed E-state index contributed by atoms with van der Waals surface area (Å²) in [6.07, 6.45) is 6.66. The Bertz CT molecular complexity index is 532. The molecule has 2 atom stereocenters. The van der Waals surface area contributed by atoms with Crippen LogP contribution in [0, 0.1) is 5.92 Å². The standard InChI is InChI=1S/C17H23N3/c1-2-20-13-16(12-19-20)17-8-9-18-11-15(17)10-14-6-4-3-5-7-14/h3-7,12-13,15,17-18H,2,8-11H2,1H3. The molecule has 0 bridgehead atoms. The third-order valence-electron chi connectivity index (χ3n) is 4.35. The van der Waals surface area contributed by atoms with Crippen molar-refractivity contribution in [3.8, 4) is 0 Å². The normalized spacial score (nSPS) is 22.9. The van der Waals surface area contributed by atoms with Crippen molar-refractivity contribution < 1.29 is 0 Å². The van der Waals surface area contributed by atoms with Gasteiger partial charge in [-0.3, -0.25) is 4.68 Å². The van der Waals surface area contributed by atoms with Crippen molar-refractivity contribution in [2.45, 2.75) is 32.2 Å². The molecule has 0 saturated carbocycles. The number of nitrogens with one attached hydrogen (secondary N) is 1. The molecule has 0 amide bonds. The molecule has 1 aliphatic heterocycles. The van der Waals surface area contributed by atoms with Gasteiger partial charge in [0.25, 0.3) is 0 Å². The molecule has 0 radical (unpaired) electrons. The smallest absolute Gasteiger partial charge is 0.0524 e. The fraction of sp³-hybridized carbons (Fsp3) is 0.471. The predicted molar refractivity (Wildman–Crippen MR) is 81.8 cm³/mol. The molecule has 3 rings (SSSR count). The monoisotopic (exact) mass is 269 g/mol. The molecule has 2 unspecified atom stereocenters. The number of benzene rings is 1. The molecule has 0 spiro atoms. The van der Waals surface area contributed by atoms with Gasteiger partial charge in [-0.15, -0.1) is 0 Å². The zero-order valence-corrected chi connectivity index (χ0v) is 12.1. The second-order valence-corrected chi connectivity index (χ2v) is 5.68. The van der Waals surface area contributed by atoms with E-state index >= 15 is 0 Å². The molecule has 3 heteroatoms. The van der Waals surface area contributed by atoms with E-state index in [0.29, 0.717) is 11.8 Å². The number of hydrogen-bond acceptors (Lipinski definition) is 2. The fourth-order valence-corrected chi connectivity index (χ4v) is 3.24. The van der Waals surface area contributed by atoms with Crippen LogP contribution in [-0.4, -0.2) is 22.9 Å². The van der Waals surface area contributed by atoms with Gasteiger partial charge in [0.1, 0.15) is 0 Å². The molecule has 1 fully saturated rings. The quantitative estimate of drug-likeness (QED) is 0.925. The second kappa shape index (κ2) is 6.23. The molecule has 0 aliphatic carbocycles. The Kier molecular flexibility index (Phi) is 4.16. The Morgan fingerprint density at radius 1 is 1.30 bits per heavy atom. The molecular weight excluding hydrogens is 246 g/mol. The van der Waals surface area contributed by atoms with Gasteiger partial charge in [0.2, 0.25) is 0 Å². The zero-order valence-electron chi connectivity index (χ0n) is 12.1. The minimum absolute atomic E-state index is 0.636. The SMILES string of the molecule is CCn1cc(C2CCNCC2Cc2ccccc2)cn1. The Morgan fingerprint density at radius 3 is 2.90 bits per heavy atom. The van der Waals surface area contributed by atoms with Gasteiger partial charge in [0.15, 0.2) is 0 Å². The first-order chi connectivity index (χ1) is 9.86. The minimum Gasteiger partial charge on any atom is -0.316 e. The lowest BCUT2D eigenvalue weighted by molar-refractivity contribution is 0.324. The van der Waals surface area contributed by atoms with E-state index in [9.17, 15) is 0 Å². The average molecular weight is 269 g/mol. The number of piperidine rings is 1. The van der Waals surface area contributed by atoms with Gasteiger partial charge in [-0.05, 0) is 55.8 Å². The summed E-state index contributed by atoms with van der Waals surface area (Å²) in [5, 5.41) is 8.00. The van der Waals surface area contributed by atoms with E-state index in [1.54, 1.807) is 0 Å². The lowest BCUT2D eigenvalue weighted by Gasteiger charge is -2.31. The van der Waals surface area contributed by atoms with Gasteiger partial charge in [0, 0.05) is 12.7 Å². The maximum atomic E-state index is 4.45. The van der Waals surface area contributed by atoms with Crippen LogP contribution in [0.1, 0.15) is 30.4 Å². The molecule has 1 N–H and O–H groups in total. The zero-order chi connectivity index (χ0) is 13.8. The van der Waals surface area contributed by atoms with Crippen molar-refractivity contribution in [3.63, 3.8) is 0 Å². The van der Waals surface area contributed by atoms with E-state index in [1.807, 2.05) is 4.68 Å². The van der Waals surface area contributed by atoms with Crippen molar-refractivity contribution in [1.82, 2.24) is 15.1 Å². The lowest BCUT2D eigenvalue weighted by Crippen LogP contribution is -2.36. The molecule has 3 nitrogen and oxygen atoms in total. The van der Waals surface area contributed by atoms with E-state index in [-0.39, 0.29) is 0 Å². The van der Waals surface area contributed by atoms with Gasteiger partial charge in [0.05, 0.1) is 6.20 Å². The third-order valence-corrected chi connectivity index (χ3v) is 4.35. The van der Waals surface area contributed by atoms with Crippen molar-refractivity contribution in [2.24, 2.45) is 5.92 Å². The Balaban J connectivity index is 1.76. The maximum absolute atomic E-state index is 4.45. The first kappa shape index (κ1) is 13.4. The minimum atomic E-state index is 0.636. The van der Waals surface area contributed by atoms with E-state index in [0.717, 1.165) is 26.1 Å². The molecule has 1 aromatic carbocycles. The van der Waals surface area contributed by atoms with Crippen molar-refractivity contribution in [3.05, 3.63) is 53.9 Å². The summed E-state index contributed by atoms with van der Waals surface area (Å²) < 4.78 is 2.04. The molecular formula is C17H23N3. The van der Waals surface area contributed by atoms with Gasteiger partial charge in [-0.1, -0.05) is 30.3 Å². The van der Waals surface area contributed by atoms with Crippen molar-refractivity contribution in [1.29, 1.82) is 0 Å². The Hall–Kier alpha value is -1.61. The summed E-state index contributed by atoms with van der Waals surface area (Å²) in [6.45, 7) is 5.32. The number of aryl methyl sites for hydroxylation is 1. The molecule has 2 heterocycles. The lowest BCUT2D eigenvalue weighted by atomic mass is 9.79. The van der Waals surface area contributed by atoms with Crippen LogP contribution in [0.2, 0.25) is 0 Å². The molecule has 1 aromatic heterocycles. The summed E-state index contributed by atoms with van der Waals surface area (Å²) in [6, 6.07) is 10.8. The van der Waals surface area contributed by atoms with Gasteiger partial charge in [-0.2, -0.15) is 5.10 Å². The van der Waals surface area contributed by atoms with Crippen LogP contribution < -0.4 is 5.32 Å². The molecule has 1 saturated heterocycles. The first-order valence-electron chi connectivity index (χ1n) is 7.64. The summed E-state index contributed by atoms with van der Waals surface area (Å²) in [4.78, 5) is 0. The van der Waals surface area contributed by atoms with Crippen LogP contribution in [0.5, 0.6) is 0 Å². The highest BCUT2D eigenvalue weighted by Gasteiger charge is 2.27. The number of rotatable bonds is 4. The van der Waals surface area contributed by atoms with Crippen LogP contribution in [0.15, 0.2) is 42.7 Å². The molecule has 106 valence electrons. The van der Waals surface area contributed by atoms with E-state index < -0.39 is 0 Å². The van der Waals surface area contributed by atoms with Gasteiger partial charge in [-0.25, -0.2) is 0 Å². The number of hydrogen-bond donors (Lipinski definition) is 1. The van der Waals surface area contributed by atoms with Gasteiger partial charge < -0.3 is 5.32 Å². The van der Waals surface area contributed by atoms with Crippen LogP contribution in [0.3, 0.4) is 0 Å². The van der Waals surface area contributed by atoms with Crippen LogP contribution in [0.25, 0.3) is 0 Å². The average Bonchev–Trinajstić information content (AvgIpc) is 2.98. The highest BCUT2D eigenvalue weighted by atomic mass is 15.3. The van der Waals surface area contributed by atoms with Crippen molar-refractivity contribution in [2.75, 3.05) is 13.1 Å². The summed E-state index contributed by atoms with van der Waals surface area (Å²) in [5.41, 5.74) is 2.85. The Morgan fingerprint density at radius 2 is 2.15 bits per heavy atom. The molecule has 20 heavy (non-hydrogen) atoms. The van der Waals surface area contributed by atoms with E-state index in [1.165, 1.54) is 17.5 Å². The van der Waals surface area contributed by atoms with E-state index in [4.69, 9.17) is 0 Å². The highest BCUT2D eigenvalue weighted by Crippen LogP contribution is 2.32. The number of aromatic nitrogens is 2. The van der Waals surface area contributed by atoms with Crippen LogP contribution >= 0.6 is 0 Å². The van der Waals surface area contributed by atoms with Crippen LogP contribution in [-0.2, 0) is 13.0 Å². The third kappa shape index (κ3) is 2.93. The number of nitrogens with zero attached hydrogens (tertiary/aromatic N) is 2. The topological polar surface area (TPSA) is 29.9 Å². The van der Waals surface area contributed by atoms with Gasteiger partial charge >= 0.3 is 0 Å². The summed E-state index contributed by atoms with van der Waals surface area (Å²) >= 11 is 0. The largest absolute Gasteiger partial charge is 0.316 e. The second-order valence-electron chi connectivity index (χ2n) is 5.68. The van der Waals surface area contributed by atoms with Crippen molar-refractivity contribution >= 4 is 0 Å². The molecule has 2 aromatic rings. The maximum Gasteiger partial charge on any atom is 0.0524 e. The molecule has 1 aliphatic rings. The van der Waals surface area contributed by atoms with Crippen LogP contribution in [0.4, 0.5) is 0 Å². The summed E-state index contributed by atoms with van der Waals surface area (Å²) in [7, 11) is 0. The first-order valence-corrected chi connectivity index (χ1v) is 7.64. The van der Waals surface area contributed by atoms with E-state index in [2.05, 4.69) is 60.1 Å². The predicted octanol–water partition coefficient (Wildman–Crippen LogP) is 2.84. The summed E-state index contributed by atoms with van der Waals surface area (Å²) in [5.74, 6) is 1.30. The Labute approximate surface area is 121 Å².